The maximum atomic E-state index is 12.4. The van der Waals surface area contributed by atoms with E-state index in [4.69, 9.17) is 9.47 Å². The molecule has 1 amide bonds. The van der Waals surface area contributed by atoms with E-state index in [0.717, 1.165) is 18.7 Å². The molecule has 3 unspecified atom stereocenters. The fourth-order valence-electron chi connectivity index (χ4n) is 3.43. The van der Waals surface area contributed by atoms with Gasteiger partial charge >= 0.3 is 0 Å². The number of rotatable bonds is 4. The summed E-state index contributed by atoms with van der Waals surface area (Å²) in [5, 5.41) is 7.96. The van der Waals surface area contributed by atoms with Crippen molar-refractivity contribution < 1.29 is 14.3 Å². The second-order valence-corrected chi connectivity index (χ2v) is 6.70. The molecule has 2 fully saturated rings. The molecule has 7 nitrogen and oxygen atoms in total. The molecule has 3 atom stereocenters. The Kier molecular flexibility index (Phi) is 5.27. The highest BCUT2D eigenvalue weighted by atomic mass is 16.5. The number of hydrogen-bond donors (Lipinski definition) is 0. The van der Waals surface area contributed by atoms with Gasteiger partial charge in [-0.25, -0.2) is 0 Å². The lowest BCUT2D eigenvalue weighted by atomic mass is 9.89. The zero-order chi connectivity index (χ0) is 16.2. The zero-order valence-electron chi connectivity index (χ0n) is 14.0. The Morgan fingerprint density at radius 2 is 2.35 bits per heavy atom. The molecule has 0 radical (unpaired) electrons. The molecule has 1 aliphatic heterocycles. The molecule has 1 saturated carbocycles. The molecule has 7 heteroatoms. The minimum atomic E-state index is -0.213. The number of carbonyl (C=O) groups is 1. The SMILES string of the molecule is CC1CCCC(OCC(=O)N2CCOC(c3nncn3C)C2)C1. The lowest BCUT2D eigenvalue weighted by Gasteiger charge is -2.33. The van der Waals surface area contributed by atoms with Gasteiger partial charge in [0, 0.05) is 13.6 Å². The first-order chi connectivity index (χ1) is 11.1. The quantitative estimate of drug-likeness (QED) is 0.836. The summed E-state index contributed by atoms with van der Waals surface area (Å²) in [4.78, 5) is 14.2. The van der Waals surface area contributed by atoms with Gasteiger partial charge in [0.1, 0.15) is 19.0 Å². The number of carbonyl (C=O) groups excluding carboxylic acids is 1. The summed E-state index contributed by atoms with van der Waals surface area (Å²) < 4.78 is 13.4. The fourth-order valence-corrected chi connectivity index (χ4v) is 3.43. The molecule has 1 saturated heterocycles. The van der Waals surface area contributed by atoms with E-state index in [9.17, 15) is 4.79 Å². The first-order valence-electron chi connectivity index (χ1n) is 8.48. The van der Waals surface area contributed by atoms with E-state index in [-0.39, 0.29) is 24.7 Å². The van der Waals surface area contributed by atoms with Gasteiger partial charge in [0.25, 0.3) is 0 Å². The smallest absolute Gasteiger partial charge is 0.248 e. The van der Waals surface area contributed by atoms with Crippen molar-refractivity contribution in [2.24, 2.45) is 13.0 Å². The highest BCUT2D eigenvalue weighted by molar-refractivity contribution is 5.77. The minimum absolute atomic E-state index is 0.0405. The fraction of sp³-hybridized carbons (Fsp3) is 0.812. The molecule has 2 aliphatic rings. The topological polar surface area (TPSA) is 69.5 Å². The van der Waals surface area contributed by atoms with E-state index >= 15 is 0 Å². The Hall–Kier alpha value is -1.47. The monoisotopic (exact) mass is 322 g/mol. The van der Waals surface area contributed by atoms with Crippen LogP contribution in [0.1, 0.15) is 44.5 Å². The molecule has 2 heterocycles. The van der Waals surface area contributed by atoms with Gasteiger partial charge in [-0.15, -0.1) is 10.2 Å². The van der Waals surface area contributed by atoms with Crippen molar-refractivity contribution in [2.45, 2.75) is 44.8 Å². The molecular weight excluding hydrogens is 296 g/mol. The van der Waals surface area contributed by atoms with Gasteiger partial charge in [-0.2, -0.15) is 0 Å². The Morgan fingerprint density at radius 3 is 3.09 bits per heavy atom. The van der Waals surface area contributed by atoms with E-state index in [1.165, 1.54) is 12.8 Å². The second kappa shape index (κ2) is 7.40. The molecule has 128 valence electrons. The van der Waals surface area contributed by atoms with Crippen LogP contribution in [0.2, 0.25) is 0 Å². The maximum absolute atomic E-state index is 12.4. The summed E-state index contributed by atoms with van der Waals surface area (Å²) in [7, 11) is 1.88. The molecule has 1 aromatic rings. The third kappa shape index (κ3) is 4.09. The lowest BCUT2D eigenvalue weighted by molar-refractivity contribution is -0.147. The summed E-state index contributed by atoms with van der Waals surface area (Å²) >= 11 is 0. The normalized spacial score (nSPS) is 28.8. The van der Waals surface area contributed by atoms with Crippen LogP contribution in [0.3, 0.4) is 0 Å². The van der Waals surface area contributed by atoms with Crippen LogP contribution in [0, 0.1) is 5.92 Å². The highest BCUT2D eigenvalue weighted by Gasteiger charge is 2.29. The molecular formula is C16H26N4O3. The van der Waals surface area contributed by atoms with Crippen LogP contribution >= 0.6 is 0 Å². The van der Waals surface area contributed by atoms with E-state index in [0.29, 0.717) is 25.6 Å². The first-order valence-corrected chi connectivity index (χ1v) is 8.48. The molecule has 0 N–H and O–H groups in total. The number of morpholine rings is 1. The summed E-state index contributed by atoms with van der Waals surface area (Å²) in [6.45, 7) is 4.06. The van der Waals surface area contributed by atoms with Crippen LogP contribution in [0.4, 0.5) is 0 Å². The highest BCUT2D eigenvalue weighted by Crippen LogP contribution is 2.26. The molecule has 0 spiro atoms. The van der Waals surface area contributed by atoms with Crippen LogP contribution in [0.5, 0.6) is 0 Å². The Labute approximate surface area is 137 Å². The molecule has 0 bridgehead atoms. The largest absolute Gasteiger partial charge is 0.368 e. The van der Waals surface area contributed by atoms with Crippen molar-refractivity contribution in [3.05, 3.63) is 12.2 Å². The number of aryl methyl sites for hydroxylation is 1. The lowest BCUT2D eigenvalue weighted by Crippen LogP contribution is -2.44. The molecule has 1 aliphatic carbocycles. The van der Waals surface area contributed by atoms with E-state index in [2.05, 4.69) is 17.1 Å². The predicted octanol–water partition coefficient (Wildman–Crippen LogP) is 1.31. The van der Waals surface area contributed by atoms with Gasteiger partial charge in [0.2, 0.25) is 5.91 Å². The van der Waals surface area contributed by atoms with Gasteiger partial charge in [-0.05, 0) is 18.8 Å². The number of hydrogen-bond acceptors (Lipinski definition) is 5. The number of aromatic nitrogens is 3. The molecule has 23 heavy (non-hydrogen) atoms. The number of amides is 1. The third-order valence-corrected chi connectivity index (χ3v) is 4.78. The average Bonchev–Trinajstić information content (AvgIpc) is 2.99. The molecule has 1 aromatic heterocycles. The Morgan fingerprint density at radius 1 is 1.48 bits per heavy atom. The molecule has 0 aromatic carbocycles. The van der Waals surface area contributed by atoms with Gasteiger partial charge in [0.15, 0.2) is 5.82 Å². The van der Waals surface area contributed by atoms with Crippen molar-refractivity contribution in [3.8, 4) is 0 Å². The second-order valence-electron chi connectivity index (χ2n) is 6.70. The first kappa shape index (κ1) is 16.4. The van der Waals surface area contributed by atoms with Crippen molar-refractivity contribution in [1.82, 2.24) is 19.7 Å². The summed E-state index contributed by atoms with van der Waals surface area (Å²) in [6.07, 6.45) is 6.28. The van der Waals surface area contributed by atoms with Crippen LogP contribution < -0.4 is 0 Å². The molecule has 3 rings (SSSR count). The van der Waals surface area contributed by atoms with E-state index in [1.54, 1.807) is 6.33 Å². The van der Waals surface area contributed by atoms with Crippen molar-refractivity contribution in [1.29, 1.82) is 0 Å². The van der Waals surface area contributed by atoms with Crippen LogP contribution in [-0.2, 0) is 21.3 Å². The van der Waals surface area contributed by atoms with E-state index < -0.39 is 0 Å². The number of nitrogens with zero attached hydrogens (tertiary/aromatic N) is 4. The minimum Gasteiger partial charge on any atom is -0.368 e. The zero-order valence-corrected chi connectivity index (χ0v) is 14.0. The van der Waals surface area contributed by atoms with Gasteiger partial charge in [-0.1, -0.05) is 19.8 Å². The number of ether oxygens (including phenoxy) is 2. The summed E-state index contributed by atoms with van der Waals surface area (Å²) in [5.74, 6) is 1.50. The summed E-state index contributed by atoms with van der Waals surface area (Å²) in [6, 6.07) is 0. The van der Waals surface area contributed by atoms with Gasteiger partial charge in [0.05, 0.1) is 19.3 Å². The third-order valence-electron chi connectivity index (χ3n) is 4.78. The maximum Gasteiger partial charge on any atom is 0.248 e. The van der Waals surface area contributed by atoms with Gasteiger partial charge in [-0.3, -0.25) is 4.79 Å². The predicted molar refractivity (Wildman–Crippen MR) is 83.6 cm³/mol. The van der Waals surface area contributed by atoms with Crippen LogP contribution in [0.15, 0.2) is 6.33 Å². The summed E-state index contributed by atoms with van der Waals surface area (Å²) in [5.41, 5.74) is 0. The van der Waals surface area contributed by atoms with E-state index in [1.807, 2.05) is 16.5 Å². The van der Waals surface area contributed by atoms with Crippen molar-refractivity contribution >= 4 is 5.91 Å². The van der Waals surface area contributed by atoms with Crippen LogP contribution in [-0.4, -0.2) is 58.0 Å². The standard InChI is InChI=1S/C16H26N4O3/c1-12-4-3-5-13(8-12)23-10-15(21)20-6-7-22-14(9-20)16-18-17-11-19(16)2/h11-14H,3-10H2,1-2H3. The van der Waals surface area contributed by atoms with Gasteiger partial charge < -0.3 is 18.9 Å². The van der Waals surface area contributed by atoms with Crippen molar-refractivity contribution in [3.63, 3.8) is 0 Å². The average molecular weight is 322 g/mol. The Balaban J connectivity index is 1.50. The Bertz CT molecular complexity index is 533. The van der Waals surface area contributed by atoms with Crippen molar-refractivity contribution in [2.75, 3.05) is 26.3 Å². The van der Waals surface area contributed by atoms with Crippen LogP contribution in [0.25, 0.3) is 0 Å².